The first-order chi connectivity index (χ1) is 10.2. The average Bonchev–Trinajstić information content (AvgIpc) is 2.53. The summed E-state index contributed by atoms with van der Waals surface area (Å²) in [6, 6.07) is 16.2. The Morgan fingerprint density at radius 3 is 2.52 bits per heavy atom. The predicted molar refractivity (Wildman–Crippen MR) is 85.1 cm³/mol. The molecule has 0 amide bonds. The van der Waals surface area contributed by atoms with Gasteiger partial charge < -0.3 is 4.74 Å². The Bertz CT molecular complexity index is 744. The van der Waals surface area contributed by atoms with Crippen molar-refractivity contribution in [3.8, 4) is 11.8 Å². The molecule has 0 heterocycles. The Morgan fingerprint density at radius 2 is 1.86 bits per heavy atom. The van der Waals surface area contributed by atoms with Crippen LogP contribution in [0.1, 0.15) is 15.9 Å². The van der Waals surface area contributed by atoms with Crippen molar-refractivity contribution in [2.75, 3.05) is 7.11 Å². The summed E-state index contributed by atoms with van der Waals surface area (Å²) in [5.74, 6) is 0.0986. The van der Waals surface area contributed by atoms with Gasteiger partial charge in [0.2, 0.25) is 5.78 Å². The molecule has 3 nitrogen and oxygen atoms in total. The molecular weight excluding hydrogens is 330 g/mol. The first-order valence-corrected chi connectivity index (χ1v) is 7.00. The van der Waals surface area contributed by atoms with Gasteiger partial charge in [0.25, 0.3) is 0 Å². The van der Waals surface area contributed by atoms with Gasteiger partial charge in [0.05, 0.1) is 12.7 Å². The van der Waals surface area contributed by atoms with E-state index in [1.807, 2.05) is 30.3 Å². The average molecular weight is 342 g/mol. The highest BCUT2D eigenvalue weighted by Crippen LogP contribution is 2.24. The van der Waals surface area contributed by atoms with Crippen molar-refractivity contribution in [1.29, 1.82) is 5.26 Å². The second kappa shape index (κ2) is 6.87. The summed E-state index contributed by atoms with van der Waals surface area (Å²) in [6.07, 6.45) is 1.57. The second-order valence-corrected chi connectivity index (χ2v) is 5.08. The van der Waals surface area contributed by atoms with Crippen LogP contribution in [0.15, 0.2) is 58.6 Å². The highest BCUT2D eigenvalue weighted by molar-refractivity contribution is 9.10. The number of hydrogen-bond acceptors (Lipinski definition) is 3. The van der Waals surface area contributed by atoms with Gasteiger partial charge >= 0.3 is 0 Å². The van der Waals surface area contributed by atoms with Gasteiger partial charge in [-0.25, -0.2) is 0 Å². The molecule has 0 unspecified atom stereocenters. The van der Waals surface area contributed by atoms with Crippen molar-refractivity contribution in [2.45, 2.75) is 0 Å². The van der Waals surface area contributed by atoms with E-state index in [9.17, 15) is 10.1 Å². The van der Waals surface area contributed by atoms with Gasteiger partial charge in [-0.3, -0.25) is 4.79 Å². The van der Waals surface area contributed by atoms with Crippen molar-refractivity contribution in [2.24, 2.45) is 0 Å². The molecule has 21 heavy (non-hydrogen) atoms. The van der Waals surface area contributed by atoms with Crippen LogP contribution in [0.5, 0.6) is 5.75 Å². The number of carbonyl (C=O) groups is 1. The molecule has 104 valence electrons. The fourth-order valence-corrected chi connectivity index (χ4v) is 2.27. The zero-order valence-corrected chi connectivity index (χ0v) is 12.9. The summed E-state index contributed by atoms with van der Waals surface area (Å²) in [6.45, 7) is 0. The van der Waals surface area contributed by atoms with E-state index in [0.29, 0.717) is 11.3 Å². The minimum atomic E-state index is -0.356. The molecule has 0 radical (unpaired) electrons. The number of hydrogen-bond donors (Lipinski definition) is 0. The van der Waals surface area contributed by atoms with Crippen LogP contribution in [0.4, 0.5) is 0 Å². The van der Waals surface area contributed by atoms with Crippen LogP contribution in [0.25, 0.3) is 6.08 Å². The summed E-state index contributed by atoms with van der Waals surface area (Å²) in [5.41, 5.74) is 1.21. The van der Waals surface area contributed by atoms with Crippen LogP contribution < -0.4 is 4.74 Å². The van der Waals surface area contributed by atoms with Gasteiger partial charge in [-0.2, -0.15) is 5.26 Å². The number of para-hydroxylation sites is 1. The third-order valence-corrected chi connectivity index (χ3v) is 3.64. The quantitative estimate of drug-likeness (QED) is 0.474. The van der Waals surface area contributed by atoms with Crippen LogP contribution >= 0.6 is 15.9 Å². The lowest BCUT2D eigenvalue weighted by Gasteiger charge is -2.06. The second-order valence-electron chi connectivity index (χ2n) is 4.22. The molecule has 0 saturated heterocycles. The molecule has 0 aliphatic carbocycles. The number of Topliss-reactive ketones (excluding diaryl/α,β-unsaturated/α-hetero) is 1. The highest BCUT2D eigenvalue weighted by Gasteiger charge is 2.16. The third kappa shape index (κ3) is 3.39. The van der Waals surface area contributed by atoms with Crippen LogP contribution in [0.2, 0.25) is 0 Å². The number of carbonyl (C=O) groups excluding carboxylic acids is 1. The van der Waals surface area contributed by atoms with E-state index in [1.165, 1.54) is 7.11 Å². The fourth-order valence-electron chi connectivity index (χ4n) is 1.87. The number of rotatable bonds is 4. The van der Waals surface area contributed by atoms with E-state index < -0.39 is 0 Å². The summed E-state index contributed by atoms with van der Waals surface area (Å²) in [4.78, 5) is 12.5. The van der Waals surface area contributed by atoms with Gasteiger partial charge in [-0.15, -0.1) is 0 Å². The van der Waals surface area contributed by atoms with Crippen LogP contribution in [0.3, 0.4) is 0 Å². The first-order valence-electron chi connectivity index (χ1n) is 6.21. The molecule has 0 aliphatic rings. The van der Waals surface area contributed by atoms with Gasteiger partial charge in [-0.1, -0.05) is 46.3 Å². The molecule has 2 aromatic carbocycles. The van der Waals surface area contributed by atoms with Crippen molar-refractivity contribution >= 4 is 27.8 Å². The molecule has 0 spiro atoms. The minimum absolute atomic E-state index is 0.0615. The van der Waals surface area contributed by atoms with Crippen LogP contribution in [0, 0.1) is 11.3 Å². The Balaban J connectivity index is 2.45. The summed E-state index contributed by atoms with van der Waals surface area (Å²) in [7, 11) is 1.50. The normalized spacial score (nSPS) is 10.8. The lowest BCUT2D eigenvalue weighted by Crippen LogP contribution is -2.04. The molecule has 2 rings (SSSR count). The van der Waals surface area contributed by atoms with Gasteiger partial charge in [0.1, 0.15) is 17.4 Å². The van der Waals surface area contributed by atoms with Crippen LogP contribution in [-0.4, -0.2) is 12.9 Å². The van der Waals surface area contributed by atoms with Gasteiger partial charge in [0, 0.05) is 4.47 Å². The number of nitrogens with zero attached hydrogens (tertiary/aromatic N) is 1. The van der Waals surface area contributed by atoms with Crippen molar-refractivity contribution in [3.05, 3.63) is 69.7 Å². The highest BCUT2D eigenvalue weighted by atomic mass is 79.9. The number of halogens is 1. The molecule has 0 fully saturated rings. The maximum atomic E-state index is 12.5. The van der Waals surface area contributed by atoms with E-state index >= 15 is 0 Å². The number of ketones is 1. The van der Waals surface area contributed by atoms with E-state index in [2.05, 4.69) is 15.9 Å². The van der Waals surface area contributed by atoms with E-state index in [1.54, 1.807) is 30.3 Å². The minimum Gasteiger partial charge on any atom is -0.496 e. The molecule has 0 aromatic heterocycles. The van der Waals surface area contributed by atoms with Crippen molar-refractivity contribution in [1.82, 2.24) is 0 Å². The zero-order chi connectivity index (χ0) is 15.2. The zero-order valence-electron chi connectivity index (χ0n) is 11.3. The standard InChI is InChI=1S/C17H12BrNO2/c1-21-16-9-5-3-7-14(16)17(20)13(11-19)10-12-6-2-4-8-15(12)18/h2-10H,1H3/b13-10+. The van der Waals surface area contributed by atoms with Crippen molar-refractivity contribution in [3.63, 3.8) is 0 Å². The van der Waals surface area contributed by atoms with Crippen molar-refractivity contribution < 1.29 is 9.53 Å². The topological polar surface area (TPSA) is 50.1 Å². The van der Waals surface area contributed by atoms with E-state index in [4.69, 9.17) is 4.74 Å². The maximum Gasteiger partial charge on any atom is 0.207 e. The smallest absolute Gasteiger partial charge is 0.207 e. The Hall–Kier alpha value is -2.38. The largest absolute Gasteiger partial charge is 0.496 e. The summed E-state index contributed by atoms with van der Waals surface area (Å²) >= 11 is 3.40. The maximum absolute atomic E-state index is 12.5. The van der Waals surface area contributed by atoms with Gasteiger partial charge in [0.15, 0.2) is 0 Å². The molecule has 2 aromatic rings. The van der Waals surface area contributed by atoms with E-state index in [0.717, 1.165) is 10.0 Å². The fraction of sp³-hybridized carbons (Fsp3) is 0.0588. The Kier molecular flexibility index (Phi) is 4.91. The number of ether oxygens (including phenoxy) is 1. The first kappa shape index (κ1) is 15.0. The predicted octanol–water partition coefficient (Wildman–Crippen LogP) is 4.25. The number of benzene rings is 2. The Morgan fingerprint density at radius 1 is 1.19 bits per heavy atom. The molecule has 0 aliphatic heterocycles. The molecule has 0 N–H and O–H groups in total. The lowest BCUT2D eigenvalue weighted by molar-refractivity contribution is 0.103. The lowest BCUT2D eigenvalue weighted by atomic mass is 10.0. The molecule has 0 saturated carbocycles. The van der Waals surface area contributed by atoms with E-state index in [-0.39, 0.29) is 11.4 Å². The van der Waals surface area contributed by atoms with Crippen LogP contribution in [-0.2, 0) is 0 Å². The number of nitriles is 1. The molecule has 0 bridgehead atoms. The Labute approximate surface area is 131 Å². The molecular formula is C17H12BrNO2. The summed E-state index contributed by atoms with van der Waals surface area (Å²) in [5, 5.41) is 9.28. The molecule has 0 atom stereocenters. The number of allylic oxidation sites excluding steroid dienone is 1. The third-order valence-electron chi connectivity index (χ3n) is 2.92. The number of methoxy groups -OCH3 is 1. The monoisotopic (exact) mass is 341 g/mol. The molecule has 4 heteroatoms. The van der Waals surface area contributed by atoms with Gasteiger partial charge in [-0.05, 0) is 29.8 Å². The summed E-state index contributed by atoms with van der Waals surface area (Å²) < 4.78 is 5.99. The SMILES string of the molecule is COc1ccccc1C(=O)/C(C#N)=C/c1ccccc1Br.